The molecule has 0 spiro atoms. The molecule has 1 aromatic rings. The van der Waals surface area contributed by atoms with E-state index in [0.717, 1.165) is 5.56 Å². The third-order valence-corrected chi connectivity index (χ3v) is 2.21. The van der Waals surface area contributed by atoms with Gasteiger partial charge in [-0.1, -0.05) is 26.8 Å². The number of methoxy groups -OCH3 is 1. The number of rotatable bonds is 3. The maximum atomic E-state index is 11.7. The van der Waals surface area contributed by atoms with Crippen LogP contribution in [0.1, 0.15) is 26.3 Å². The summed E-state index contributed by atoms with van der Waals surface area (Å²) in [4.78, 5) is 15.8. The van der Waals surface area contributed by atoms with E-state index in [-0.39, 0.29) is 11.2 Å². The maximum absolute atomic E-state index is 11.7. The summed E-state index contributed by atoms with van der Waals surface area (Å²) in [7, 11) is 1.57. The van der Waals surface area contributed by atoms with Crippen LogP contribution in [0.2, 0.25) is 0 Å². The molecule has 0 saturated carbocycles. The maximum Gasteiger partial charge on any atom is 0.212 e. The lowest BCUT2D eigenvalue weighted by molar-refractivity contribution is -0.125. The van der Waals surface area contributed by atoms with Gasteiger partial charge >= 0.3 is 0 Å². The number of ether oxygens (including phenoxy) is 1. The molecule has 1 rings (SSSR count). The molecule has 0 amide bonds. The number of carbonyl (C=O) groups is 1. The van der Waals surface area contributed by atoms with Crippen LogP contribution in [0.25, 0.3) is 0 Å². The first-order valence-electron chi connectivity index (χ1n) is 4.95. The summed E-state index contributed by atoms with van der Waals surface area (Å²) in [6, 6.07) is 3.64. The Hall–Kier alpha value is -1.38. The fraction of sp³-hybridized carbons (Fsp3) is 0.500. The number of hydrogen-bond acceptors (Lipinski definition) is 3. The molecule has 82 valence electrons. The first-order valence-corrected chi connectivity index (χ1v) is 4.95. The van der Waals surface area contributed by atoms with Crippen LogP contribution in [0.4, 0.5) is 0 Å². The van der Waals surface area contributed by atoms with Crippen molar-refractivity contribution in [2.45, 2.75) is 27.2 Å². The zero-order valence-electron chi connectivity index (χ0n) is 9.70. The number of pyridine rings is 1. The van der Waals surface area contributed by atoms with Gasteiger partial charge in [0.2, 0.25) is 5.88 Å². The van der Waals surface area contributed by atoms with Gasteiger partial charge in [0.1, 0.15) is 5.78 Å². The highest BCUT2D eigenvalue weighted by atomic mass is 16.5. The van der Waals surface area contributed by atoms with E-state index in [9.17, 15) is 4.79 Å². The van der Waals surface area contributed by atoms with Crippen molar-refractivity contribution in [2.75, 3.05) is 7.11 Å². The molecule has 0 atom stereocenters. The molecule has 0 aromatic carbocycles. The fourth-order valence-electron chi connectivity index (χ4n) is 1.09. The highest BCUT2D eigenvalue weighted by molar-refractivity contribution is 5.85. The van der Waals surface area contributed by atoms with Gasteiger partial charge in [0.25, 0.3) is 0 Å². The van der Waals surface area contributed by atoms with Gasteiger partial charge in [0, 0.05) is 24.1 Å². The average Bonchev–Trinajstić information content (AvgIpc) is 2.17. The van der Waals surface area contributed by atoms with Crippen LogP contribution in [0.5, 0.6) is 5.88 Å². The third-order valence-electron chi connectivity index (χ3n) is 2.21. The molecule has 0 aliphatic rings. The van der Waals surface area contributed by atoms with Crippen molar-refractivity contribution in [1.82, 2.24) is 4.98 Å². The van der Waals surface area contributed by atoms with Crippen LogP contribution < -0.4 is 4.74 Å². The predicted molar refractivity (Wildman–Crippen MR) is 59.0 cm³/mol. The number of Topliss-reactive ketones (excluding diaryl/α,β-unsaturated/α-hetero) is 1. The summed E-state index contributed by atoms with van der Waals surface area (Å²) < 4.78 is 4.95. The quantitative estimate of drug-likeness (QED) is 0.763. The van der Waals surface area contributed by atoms with Crippen molar-refractivity contribution in [3.63, 3.8) is 0 Å². The largest absolute Gasteiger partial charge is 0.481 e. The van der Waals surface area contributed by atoms with E-state index >= 15 is 0 Å². The van der Waals surface area contributed by atoms with Crippen molar-refractivity contribution in [3.8, 4) is 5.88 Å². The number of carbonyl (C=O) groups excluding carboxylic acids is 1. The second-order valence-corrected chi connectivity index (χ2v) is 4.56. The van der Waals surface area contributed by atoms with Crippen molar-refractivity contribution in [3.05, 3.63) is 23.9 Å². The zero-order chi connectivity index (χ0) is 11.5. The second-order valence-electron chi connectivity index (χ2n) is 4.56. The smallest absolute Gasteiger partial charge is 0.212 e. The van der Waals surface area contributed by atoms with Gasteiger partial charge in [0.05, 0.1) is 7.11 Å². The Bertz CT molecular complexity index is 336. The Morgan fingerprint density at radius 2 is 2.07 bits per heavy atom. The molecule has 0 aliphatic carbocycles. The standard InChI is InChI=1S/C12H17NO2/c1-12(2,3)10(14)7-9-5-6-11(15-4)13-8-9/h5-6,8H,7H2,1-4H3. The predicted octanol–water partition coefficient (Wildman–Crippen LogP) is 2.25. The fourth-order valence-corrected chi connectivity index (χ4v) is 1.09. The first-order chi connectivity index (χ1) is 6.93. The Kier molecular flexibility index (Phi) is 3.45. The van der Waals surface area contributed by atoms with E-state index in [1.807, 2.05) is 26.8 Å². The van der Waals surface area contributed by atoms with Crippen LogP contribution >= 0.6 is 0 Å². The molecule has 0 saturated heterocycles. The van der Waals surface area contributed by atoms with E-state index in [0.29, 0.717) is 12.3 Å². The van der Waals surface area contributed by atoms with Crippen molar-refractivity contribution in [1.29, 1.82) is 0 Å². The highest BCUT2D eigenvalue weighted by Crippen LogP contribution is 2.18. The molecule has 0 aliphatic heterocycles. The lowest BCUT2D eigenvalue weighted by atomic mass is 9.87. The number of nitrogens with zero attached hydrogens (tertiary/aromatic N) is 1. The monoisotopic (exact) mass is 207 g/mol. The van der Waals surface area contributed by atoms with Crippen LogP contribution in [0.15, 0.2) is 18.3 Å². The Balaban J connectivity index is 2.70. The van der Waals surface area contributed by atoms with E-state index in [1.165, 1.54) is 0 Å². The zero-order valence-corrected chi connectivity index (χ0v) is 9.70. The van der Waals surface area contributed by atoms with Crippen LogP contribution in [0, 0.1) is 5.41 Å². The first kappa shape index (κ1) is 11.7. The Morgan fingerprint density at radius 3 is 2.47 bits per heavy atom. The molecular formula is C12H17NO2. The summed E-state index contributed by atoms with van der Waals surface area (Å²) in [5, 5.41) is 0. The van der Waals surface area contributed by atoms with Gasteiger partial charge in [-0.3, -0.25) is 4.79 Å². The number of hydrogen-bond donors (Lipinski definition) is 0. The Labute approximate surface area is 90.5 Å². The van der Waals surface area contributed by atoms with Crippen molar-refractivity contribution in [2.24, 2.45) is 5.41 Å². The van der Waals surface area contributed by atoms with Crippen LogP contribution in [-0.4, -0.2) is 17.9 Å². The molecule has 0 radical (unpaired) electrons. The molecule has 1 heterocycles. The Morgan fingerprint density at radius 1 is 1.40 bits per heavy atom. The summed E-state index contributed by atoms with van der Waals surface area (Å²) >= 11 is 0. The van der Waals surface area contributed by atoms with Gasteiger partial charge in [-0.15, -0.1) is 0 Å². The minimum Gasteiger partial charge on any atom is -0.481 e. The van der Waals surface area contributed by atoms with Crippen LogP contribution in [0.3, 0.4) is 0 Å². The van der Waals surface area contributed by atoms with Gasteiger partial charge in [-0.2, -0.15) is 0 Å². The van der Waals surface area contributed by atoms with Crippen molar-refractivity contribution >= 4 is 5.78 Å². The van der Waals surface area contributed by atoms with Gasteiger partial charge in [-0.05, 0) is 5.56 Å². The van der Waals surface area contributed by atoms with Gasteiger partial charge in [0.15, 0.2) is 0 Å². The topological polar surface area (TPSA) is 39.2 Å². The van der Waals surface area contributed by atoms with E-state index in [4.69, 9.17) is 4.74 Å². The number of ketones is 1. The lowest BCUT2D eigenvalue weighted by Gasteiger charge is -2.16. The van der Waals surface area contributed by atoms with E-state index < -0.39 is 0 Å². The molecule has 15 heavy (non-hydrogen) atoms. The summed E-state index contributed by atoms with van der Waals surface area (Å²) in [6.07, 6.45) is 2.11. The summed E-state index contributed by atoms with van der Waals surface area (Å²) in [6.45, 7) is 5.77. The third kappa shape index (κ3) is 3.35. The van der Waals surface area contributed by atoms with E-state index in [1.54, 1.807) is 19.4 Å². The number of aromatic nitrogens is 1. The van der Waals surface area contributed by atoms with Gasteiger partial charge < -0.3 is 4.74 Å². The average molecular weight is 207 g/mol. The SMILES string of the molecule is COc1ccc(CC(=O)C(C)(C)C)cn1. The second kappa shape index (κ2) is 4.43. The minimum atomic E-state index is -0.292. The molecule has 1 aromatic heterocycles. The molecule has 0 unspecified atom stereocenters. The highest BCUT2D eigenvalue weighted by Gasteiger charge is 2.21. The van der Waals surface area contributed by atoms with E-state index in [2.05, 4.69) is 4.98 Å². The summed E-state index contributed by atoms with van der Waals surface area (Å²) in [5.74, 6) is 0.788. The van der Waals surface area contributed by atoms with Gasteiger partial charge in [-0.25, -0.2) is 4.98 Å². The summed E-state index contributed by atoms with van der Waals surface area (Å²) in [5.41, 5.74) is 0.635. The molecule has 0 fully saturated rings. The molecule has 0 N–H and O–H groups in total. The molecular weight excluding hydrogens is 190 g/mol. The lowest BCUT2D eigenvalue weighted by Crippen LogP contribution is -2.22. The molecule has 0 bridgehead atoms. The van der Waals surface area contributed by atoms with Crippen molar-refractivity contribution < 1.29 is 9.53 Å². The van der Waals surface area contributed by atoms with Crippen LogP contribution in [-0.2, 0) is 11.2 Å². The minimum absolute atomic E-state index is 0.217. The molecule has 3 heteroatoms. The molecule has 3 nitrogen and oxygen atoms in total. The normalized spacial score (nSPS) is 11.2.